The van der Waals surface area contributed by atoms with Gasteiger partial charge in [0.25, 0.3) is 0 Å². The minimum absolute atomic E-state index is 0.542. The van der Waals surface area contributed by atoms with Gasteiger partial charge in [-0.15, -0.1) is 11.3 Å². The van der Waals surface area contributed by atoms with Crippen LogP contribution in [0.2, 0.25) is 10.0 Å². The summed E-state index contributed by atoms with van der Waals surface area (Å²) in [5.74, 6) is 0.813. The predicted molar refractivity (Wildman–Crippen MR) is 126 cm³/mol. The van der Waals surface area contributed by atoms with Gasteiger partial charge < -0.3 is 4.74 Å². The molecule has 0 spiro atoms. The Balaban J connectivity index is 1.33. The molecule has 1 aromatic heterocycles. The fraction of sp³-hybridized carbons (Fsp3) is 0.0435. The molecule has 30 heavy (non-hydrogen) atoms. The standard InChI is InChI=1S/C23H17Cl2N3OS/c24-18-8-11-20(21(25)12-18)22-15-30-23(27-22)28-26-13-16-6-9-19(10-7-16)29-14-17-4-2-1-3-5-17/h1-13,15H,14H2,(H,27,28)/b26-13-. The first-order valence-corrected chi connectivity index (χ1v) is 10.8. The number of nitrogens with zero attached hydrogens (tertiary/aromatic N) is 2. The van der Waals surface area contributed by atoms with E-state index in [1.54, 1.807) is 18.3 Å². The molecule has 0 saturated heterocycles. The normalized spacial score (nSPS) is 11.0. The molecule has 0 aliphatic carbocycles. The van der Waals surface area contributed by atoms with Gasteiger partial charge in [-0.1, -0.05) is 53.5 Å². The molecule has 1 N–H and O–H groups in total. The molecule has 0 bridgehead atoms. The Kier molecular flexibility index (Phi) is 6.64. The van der Waals surface area contributed by atoms with Crippen molar-refractivity contribution >= 4 is 45.9 Å². The molecule has 0 aliphatic heterocycles. The molecule has 0 amide bonds. The van der Waals surface area contributed by atoms with Crippen molar-refractivity contribution in [1.82, 2.24) is 4.98 Å². The highest BCUT2D eigenvalue weighted by atomic mass is 35.5. The smallest absolute Gasteiger partial charge is 0.203 e. The monoisotopic (exact) mass is 453 g/mol. The minimum Gasteiger partial charge on any atom is -0.489 e. The lowest BCUT2D eigenvalue weighted by atomic mass is 10.2. The van der Waals surface area contributed by atoms with Gasteiger partial charge in [0, 0.05) is 16.0 Å². The molecule has 4 aromatic rings. The molecule has 0 radical (unpaired) electrons. The van der Waals surface area contributed by atoms with Gasteiger partial charge in [-0.3, -0.25) is 5.43 Å². The number of rotatable bonds is 7. The van der Waals surface area contributed by atoms with Gasteiger partial charge in [0.2, 0.25) is 5.13 Å². The lowest BCUT2D eigenvalue weighted by Crippen LogP contribution is -1.95. The van der Waals surface area contributed by atoms with Crippen LogP contribution < -0.4 is 10.2 Å². The highest BCUT2D eigenvalue weighted by molar-refractivity contribution is 7.14. The number of hydrogen-bond donors (Lipinski definition) is 1. The fourth-order valence-electron chi connectivity index (χ4n) is 2.70. The van der Waals surface area contributed by atoms with Crippen molar-refractivity contribution in [3.63, 3.8) is 0 Å². The molecular weight excluding hydrogens is 437 g/mol. The topological polar surface area (TPSA) is 46.5 Å². The average molecular weight is 454 g/mol. The number of thiazole rings is 1. The van der Waals surface area contributed by atoms with Crippen LogP contribution >= 0.6 is 34.5 Å². The Hall–Kier alpha value is -2.86. The third-order valence-electron chi connectivity index (χ3n) is 4.21. The lowest BCUT2D eigenvalue weighted by molar-refractivity contribution is 0.306. The molecule has 0 atom stereocenters. The third-order valence-corrected chi connectivity index (χ3v) is 5.51. The summed E-state index contributed by atoms with van der Waals surface area (Å²) in [6.07, 6.45) is 1.73. The summed E-state index contributed by atoms with van der Waals surface area (Å²) in [5, 5.41) is 8.02. The molecule has 0 saturated carbocycles. The molecule has 0 fully saturated rings. The Labute approximate surface area is 188 Å². The van der Waals surface area contributed by atoms with Crippen LogP contribution in [0.1, 0.15) is 11.1 Å². The Morgan fingerprint density at radius 1 is 1.00 bits per heavy atom. The van der Waals surface area contributed by atoms with E-state index in [4.69, 9.17) is 27.9 Å². The van der Waals surface area contributed by atoms with Crippen LogP contribution in [0.5, 0.6) is 5.75 Å². The van der Waals surface area contributed by atoms with E-state index in [1.165, 1.54) is 11.3 Å². The zero-order valence-electron chi connectivity index (χ0n) is 15.8. The second kappa shape index (κ2) is 9.76. The molecule has 3 aromatic carbocycles. The SMILES string of the molecule is Clc1ccc(-c2csc(N/N=C\c3ccc(OCc4ccccc4)cc3)n2)c(Cl)c1. The van der Waals surface area contributed by atoms with E-state index >= 15 is 0 Å². The summed E-state index contributed by atoms with van der Waals surface area (Å²) < 4.78 is 5.80. The summed E-state index contributed by atoms with van der Waals surface area (Å²) in [7, 11) is 0. The van der Waals surface area contributed by atoms with E-state index in [2.05, 4.69) is 15.5 Å². The van der Waals surface area contributed by atoms with Crippen LogP contribution in [0, 0.1) is 0 Å². The number of halogens is 2. The quantitative estimate of drug-likeness (QED) is 0.238. The van der Waals surface area contributed by atoms with Gasteiger partial charge in [0.15, 0.2) is 0 Å². The predicted octanol–water partition coefficient (Wildman–Crippen LogP) is 7.14. The fourth-order valence-corrected chi connectivity index (χ4v) is 3.86. The summed E-state index contributed by atoms with van der Waals surface area (Å²) in [5.41, 5.74) is 6.65. The first kappa shape index (κ1) is 20.4. The molecule has 7 heteroatoms. The molecule has 1 heterocycles. The highest BCUT2D eigenvalue weighted by Gasteiger charge is 2.08. The van der Waals surface area contributed by atoms with Gasteiger partial charge in [0.1, 0.15) is 12.4 Å². The van der Waals surface area contributed by atoms with Crippen LogP contribution in [0.15, 0.2) is 83.3 Å². The van der Waals surface area contributed by atoms with Crippen molar-refractivity contribution in [1.29, 1.82) is 0 Å². The van der Waals surface area contributed by atoms with Gasteiger partial charge in [-0.2, -0.15) is 5.10 Å². The van der Waals surface area contributed by atoms with Crippen LogP contribution in [-0.2, 0) is 6.61 Å². The second-order valence-corrected chi connectivity index (χ2v) is 8.08. The number of hydrogen-bond acceptors (Lipinski definition) is 5. The Morgan fingerprint density at radius 3 is 2.57 bits per heavy atom. The number of aromatic nitrogens is 1. The summed E-state index contributed by atoms with van der Waals surface area (Å²) >= 11 is 13.6. The van der Waals surface area contributed by atoms with E-state index in [0.29, 0.717) is 21.8 Å². The van der Waals surface area contributed by atoms with Gasteiger partial charge in [-0.05, 0) is 53.6 Å². The maximum Gasteiger partial charge on any atom is 0.203 e. The maximum atomic E-state index is 6.25. The van der Waals surface area contributed by atoms with Crippen LogP contribution in [-0.4, -0.2) is 11.2 Å². The lowest BCUT2D eigenvalue weighted by Gasteiger charge is -2.06. The molecule has 0 unspecified atom stereocenters. The molecule has 4 rings (SSSR count). The first-order chi connectivity index (χ1) is 14.7. The summed E-state index contributed by atoms with van der Waals surface area (Å²) in [6.45, 7) is 0.542. The summed E-state index contributed by atoms with van der Waals surface area (Å²) in [6, 6.07) is 23.2. The van der Waals surface area contributed by atoms with Gasteiger partial charge in [0.05, 0.1) is 16.9 Å². The maximum absolute atomic E-state index is 6.25. The Morgan fingerprint density at radius 2 is 1.80 bits per heavy atom. The van der Waals surface area contributed by atoms with E-state index in [0.717, 1.165) is 28.1 Å². The zero-order valence-corrected chi connectivity index (χ0v) is 18.1. The number of ether oxygens (including phenoxy) is 1. The van der Waals surface area contributed by atoms with Crippen molar-refractivity contribution < 1.29 is 4.74 Å². The van der Waals surface area contributed by atoms with Crippen molar-refractivity contribution in [2.75, 3.05) is 5.43 Å². The van der Waals surface area contributed by atoms with Gasteiger partial charge in [-0.25, -0.2) is 4.98 Å². The third kappa shape index (κ3) is 5.39. The van der Waals surface area contributed by atoms with E-state index in [-0.39, 0.29) is 0 Å². The summed E-state index contributed by atoms with van der Waals surface area (Å²) in [4.78, 5) is 4.52. The average Bonchev–Trinajstić information content (AvgIpc) is 3.22. The number of nitrogens with one attached hydrogen (secondary N) is 1. The van der Waals surface area contributed by atoms with Crippen molar-refractivity contribution in [3.05, 3.63) is 99.3 Å². The molecule has 150 valence electrons. The largest absolute Gasteiger partial charge is 0.489 e. The molecular formula is C23H17Cl2N3OS. The Bertz CT molecular complexity index is 1140. The number of benzene rings is 3. The minimum atomic E-state index is 0.542. The van der Waals surface area contributed by atoms with Crippen molar-refractivity contribution in [2.24, 2.45) is 5.10 Å². The number of hydrazone groups is 1. The van der Waals surface area contributed by atoms with E-state index in [1.807, 2.05) is 66.0 Å². The first-order valence-electron chi connectivity index (χ1n) is 9.14. The van der Waals surface area contributed by atoms with Crippen molar-refractivity contribution in [2.45, 2.75) is 6.61 Å². The van der Waals surface area contributed by atoms with Gasteiger partial charge >= 0.3 is 0 Å². The van der Waals surface area contributed by atoms with E-state index in [9.17, 15) is 0 Å². The highest BCUT2D eigenvalue weighted by Crippen LogP contribution is 2.32. The second-order valence-electron chi connectivity index (χ2n) is 6.38. The van der Waals surface area contributed by atoms with Crippen molar-refractivity contribution in [3.8, 4) is 17.0 Å². The molecule has 4 nitrogen and oxygen atoms in total. The number of anilines is 1. The van der Waals surface area contributed by atoms with Crippen LogP contribution in [0.4, 0.5) is 5.13 Å². The van der Waals surface area contributed by atoms with E-state index < -0.39 is 0 Å². The van der Waals surface area contributed by atoms with Crippen LogP contribution in [0.25, 0.3) is 11.3 Å². The van der Waals surface area contributed by atoms with Crippen LogP contribution in [0.3, 0.4) is 0 Å². The molecule has 0 aliphatic rings. The zero-order chi connectivity index (χ0) is 20.8.